The van der Waals surface area contributed by atoms with E-state index >= 15 is 0 Å². The first-order chi connectivity index (χ1) is 13.2. The van der Waals surface area contributed by atoms with Gasteiger partial charge in [-0.05, 0) is 50.5 Å². The summed E-state index contributed by atoms with van der Waals surface area (Å²) in [5.74, 6) is 0.576. The predicted molar refractivity (Wildman–Crippen MR) is 108 cm³/mol. The molecule has 2 rings (SSSR count). The van der Waals surface area contributed by atoms with Crippen LogP contribution in [0.1, 0.15) is 45.4 Å². The molecular weight excluding hydrogens is 344 g/mol. The smallest absolute Gasteiger partial charge is 0.246 e. The van der Waals surface area contributed by atoms with Gasteiger partial charge in [-0.25, -0.2) is 4.99 Å². The fourth-order valence-electron chi connectivity index (χ4n) is 3.00. The molecule has 4 N–H and O–H groups in total. The molecule has 0 radical (unpaired) electrons. The Morgan fingerprint density at radius 1 is 1.19 bits per heavy atom. The largest absolute Gasteiger partial charge is 0.508 e. The van der Waals surface area contributed by atoms with Crippen LogP contribution in [-0.4, -0.2) is 49.3 Å². The minimum absolute atomic E-state index is 0.0226. The lowest BCUT2D eigenvalue weighted by Crippen LogP contribution is -2.38. The van der Waals surface area contributed by atoms with Crippen molar-refractivity contribution in [1.29, 1.82) is 0 Å². The summed E-state index contributed by atoms with van der Waals surface area (Å²) in [6.45, 7) is 4.23. The Kier molecular flexibility index (Phi) is 9.48. The van der Waals surface area contributed by atoms with Crippen molar-refractivity contribution in [3.63, 3.8) is 0 Å². The van der Waals surface area contributed by atoms with Gasteiger partial charge in [0.15, 0.2) is 5.96 Å². The molecule has 0 atom stereocenters. The van der Waals surface area contributed by atoms with Gasteiger partial charge in [0.05, 0.1) is 6.10 Å². The first kappa shape index (κ1) is 21.0. The number of guanidine groups is 1. The molecule has 0 spiro atoms. The van der Waals surface area contributed by atoms with Crippen LogP contribution < -0.4 is 16.0 Å². The number of carbonyl (C=O) groups is 1. The standard InChI is InChI=1S/C20H32N4O3/c1-2-21-20(22-13-6-14-27-18-7-4-3-5-8-18)23-15-19(26)24-16-9-11-17(25)12-10-16/h9-12,18,25H,2-8,13-15H2,1H3,(H,24,26)(H2,21,22,23). The molecule has 0 heterocycles. The Bertz CT molecular complexity index is 583. The van der Waals surface area contributed by atoms with Crippen molar-refractivity contribution in [3.8, 4) is 5.75 Å². The summed E-state index contributed by atoms with van der Waals surface area (Å²) in [5.41, 5.74) is 0.630. The molecule has 0 aromatic heterocycles. The van der Waals surface area contributed by atoms with Crippen LogP contribution in [0, 0.1) is 0 Å². The Morgan fingerprint density at radius 2 is 1.93 bits per heavy atom. The number of hydrogen-bond acceptors (Lipinski definition) is 4. The molecule has 150 valence electrons. The summed E-state index contributed by atoms with van der Waals surface area (Å²) < 4.78 is 5.92. The first-order valence-electron chi connectivity index (χ1n) is 9.90. The van der Waals surface area contributed by atoms with Crippen molar-refractivity contribution in [1.82, 2.24) is 10.6 Å². The molecule has 1 fully saturated rings. The van der Waals surface area contributed by atoms with E-state index in [4.69, 9.17) is 4.74 Å². The highest BCUT2D eigenvalue weighted by atomic mass is 16.5. The van der Waals surface area contributed by atoms with Gasteiger partial charge in [-0.15, -0.1) is 0 Å². The lowest BCUT2D eigenvalue weighted by Gasteiger charge is -2.22. The third kappa shape index (κ3) is 8.77. The summed E-state index contributed by atoms with van der Waals surface area (Å²) in [6, 6.07) is 6.35. The van der Waals surface area contributed by atoms with Crippen LogP contribution in [0.5, 0.6) is 5.75 Å². The zero-order valence-corrected chi connectivity index (χ0v) is 16.2. The van der Waals surface area contributed by atoms with Crippen LogP contribution in [0.15, 0.2) is 29.3 Å². The summed E-state index contributed by atoms with van der Waals surface area (Å²) in [7, 11) is 0. The SMILES string of the molecule is CCNC(=NCC(=O)Nc1ccc(O)cc1)NCCCOC1CCCCC1. The van der Waals surface area contributed by atoms with E-state index < -0.39 is 0 Å². The summed E-state index contributed by atoms with van der Waals surface area (Å²) in [6.07, 6.45) is 7.62. The van der Waals surface area contributed by atoms with Crippen LogP contribution >= 0.6 is 0 Å². The number of nitrogens with one attached hydrogen (secondary N) is 3. The second-order valence-electron chi connectivity index (χ2n) is 6.70. The number of hydrogen-bond donors (Lipinski definition) is 4. The summed E-state index contributed by atoms with van der Waals surface area (Å²) >= 11 is 0. The zero-order chi connectivity index (χ0) is 19.3. The van der Waals surface area contributed by atoms with E-state index in [-0.39, 0.29) is 18.2 Å². The Hall–Kier alpha value is -2.28. The van der Waals surface area contributed by atoms with Gasteiger partial charge in [0, 0.05) is 25.4 Å². The van der Waals surface area contributed by atoms with Gasteiger partial charge in [-0.2, -0.15) is 0 Å². The maximum absolute atomic E-state index is 12.0. The molecule has 7 nitrogen and oxygen atoms in total. The fourth-order valence-corrected chi connectivity index (χ4v) is 3.00. The van der Waals surface area contributed by atoms with Crippen molar-refractivity contribution in [2.24, 2.45) is 4.99 Å². The number of ether oxygens (including phenoxy) is 1. The van der Waals surface area contributed by atoms with E-state index in [1.807, 2.05) is 6.92 Å². The highest BCUT2D eigenvalue weighted by Crippen LogP contribution is 2.20. The number of amides is 1. The number of aliphatic imine (C=N–C) groups is 1. The Balaban J connectivity index is 1.66. The Labute approximate surface area is 161 Å². The highest BCUT2D eigenvalue weighted by molar-refractivity contribution is 5.94. The van der Waals surface area contributed by atoms with Gasteiger partial charge < -0.3 is 25.8 Å². The number of phenols is 1. The number of nitrogens with zero attached hydrogens (tertiary/aromatic N) is 1. The van der Waals surface area contributed by atoms with Crippen molar-refractivity contribution >= 4 is 17.6 Å². The van der Waals surface area contributed by atoms with Crippen molar-refractivity contribution in [3.05, 3.63) is 24.3 Å². The molecule has 27 heavy (non-hydrogen) atoms. The van der Waals surface area contributed by atoms with Gasteiger partial charge >= 0.3 is 0 Å². The topological polar surface area (TPSA) is 95.0 Å². The first-order valence-corrected chi connectivity index (χ1v) is 9.90. The van der Waals surface area contributed by atoms with E-state index in [2.05, 4.69) is 20.9 Å². The van der Waals surface area contributed by atoms with Gasteiger partial charge in [0.25, 0.3) is 0 Å². The predicted octanol–water partition coefficient (Wildman–Crippen LogP) is 2.63. The number of aromatic hydroxyl groups is 1. The molecular formula is C20H32N4O3. The summed E-state index contributed by atoms with van der Waals surface area (Å²) in [5, 5.41) is 18.4. The normalized spacial score (nSPS) is 15.4. The molecule has 0 aliphatic heterocycles. The van der Waals surface area contributed by atoms with Gasteiger partial charge in [0.2, 0.25) is 5.91 Å². The maximum Gasteiger partial charge on any atom is 0.246 e. The highest BCUT2D eigenvalue weighted by Gasteiger charge is 2.13. The van der Waals surface area contributed by atoms with Crippen LogP contribution in [-0.2, 0) is 9.53 Å². The number of phenolic OH excluding ortho intramolecular Hbond substituents is 1. The van der Waals surface area contributed by atoms with Crippen LogP contribution in [0.2, 0.25) is 0 Å². The van der Waals surface area contributed by atoms with Gasteiger partial charge in [-0.3, -0.25) is 4.79 Å². The van der Waals surface area contributed by atoms with E-state index in [1.165, 1.54) is 44.2 Å². The van der Waals surface area contributed by atoms with E-state index in [0.717, 1.165) is 26.1 Å². The van der Waals surface area contributed by atoms with E-state index in [9.17, 15) is 9.90 Å². The monoisotopic (exact) mass is 376 g/mol. The van der Waals surface area contributed by atoms with E-state index in [0.29, 0.717) is 17.8 Å². The van der Waals surface area contributed by atoms with Gasteiger partial charge in [-0.1, -0.05) is 19.3 Å². The quantitative estimate of drug-likeness (QED) is 0.230. The molecule has 1 amide bonds. The maximum atomic E-state index is 12.0. The fraction of sp³-hybridized carbons (Fsp3) is 0.600. The average Bonchev–Trinajstić information content (AvgIpc) is 2.68. The van der Waals surface area contributed by atoms with Crippen molar-refractivity contribution < 1.29 is 14.6 Å². The minimum Gasteiger partial charge on any atom is -0.508 e. The second kappa shape index (κ2) is 12.2. The number of carbonyl (C=O) groups excluding carboxylic acids is 1. The Morgan fingerprint density at radius 3 is 2.63 bits per heavy atom. The molecule has 1 saturated carbocycles. The summed E-state index contributed by atoms with van der Waals surface area (Å²) in [4.78, 5) is 16.3. The third-order valence-electron chi connectivity index (χ3n) is 4.40. The third-order valence-corrected chi connectivity index (χ3v) is 4.40. The molecule has 0 unspecified atom stereocenters. The second-order valence-corrected chi connectivity index (χ2v) is 6.70. The molecule has 7 heteroatoms. The zero-order valence-electron chi connectivity index (χ0n) is 16.2. The number of anilines is 1. The lowest BCUT2D eigenvalue weighted by atomic mass is 9.98. The lowest BCUT2D eigenvalue weighted by molar-refractivity contribution is -0.114. The molecule has 1 aromatic rings. The van der Waals surface area contributed by atoms with Crippen LogP contribution in [0.25, 0.3) is 0 Å². The number of benzene rings is 1. The van der Waals surface area contributed by atoms with Crippen LogP contribution in [0.3, 0.4) is 0 Å². The van der Waals surface area contributed by atoms with Gasteiger partial charge in [0.1, 0.15) is 12.3 Å². The van der Waals surface area contributed by atoms with Crippen LogP contribution in [0.4, 0.5) is 5.69 Å². The van der Waals surface area contributed by atoms with E-state index in [1.54, 1.807) is 12.1 Å². The average molecular weight is 377 g/mol. The molecule has 1 aliphatic carbocycles. The minimum atomic E-state index is -0.210. The molecule has 0 saturated heterocycles. The molecule has 0 bridgehead atoms. The molecule has 1 aliphatic rings. The van der Waals surface area contributed by atoms with Crippen molar-refractivity contribution in [2.75, 3.05) is 31.6 Å². The number of rotatable bonds is 9. The van der Waals surface area contributed by atoms with Crippen molar-refractivity contribution in [2.45, 2.75) is 51.6 Å². The molecule has 1 aromatic carbocycles.